The van der Waals surface area contributed by atoms with Gasteiger partial charge in [-0.2, -0.15) is 10.1 Å². The van der Waals surface area contributed by atoms with Crippen LogP contribution in [0.4, 0.5) is 5.69 Å². The maximum atomic E-state index is 12.1. The molecular formula is C20H25N7O2. The number of hydrogen-bond acceptors (Lipinski definition) is 7. The molecule has 2 heterocycles. The summed E-state index contributed by atoms with van der Waals surface area (Å²) in [6.45, 7) is 3.77. The number of carboxylic acids is 1. The Kier molecular flexibility index (Phi) is 4.52. The molecule has 1 aromatic carbocycles. The average Bonchev–Trinajstić information content (AvgIpc) is 2.99. The van der Waals surface area contributed by atoms with Gasteiger partial charge < -0.3 is 16.6 Å². The normalized spacial score (nSPS) is 18.5. The van der Waals surface area contributed by atoms with E-state index in [1.807, 2.05) is 30.9 Å². The van der Waals surface area contributed by atoms with Crippen molar-refractivity contribution >= 4 is 23.6 Å². The van der Waals surface area contributed by atoms with Gasteiger partial charge in [-0.1, -0.05) is 6.42 Å². The third kappa shape index (κ3) is 3.22. The Morgan fingerprint density at radius 3 is 2.48 bits per heavy atom. The predicted octanol–water partition coefficient (Wildman–Crippen LogP) is 2.30. The summed E-state index contributed by atoms with van der Waals surface area (Å²) < 4.78 is 1.64. The van der Waals surface area contributed by atoms with Crippen molar-refractivity contribution in [3.8, 4) is 5.69 Å². The molecular weight excluding hydrogens is 370 g/mol. The first-order chi connectivity index (χ1) is 13.8. The molecule has 1 aromatic heterocycles. The molecule has 9 heteroatoms. The van der Waals surface area contributed by atoms with E-state index >= 15 is 0 Å². The Balaban J connectivity index is 1.84. The van der Waals surface area contributed by atoms with Gasteiger partial charge in [-0.05, 0) is 63.8 Å². The fourth-order valence-corrected chi connectivity index (χ4v) is 4.39. The lowest BCUT2D eigenvalue weighted by atomic mass is 9.87. The number of carboxylic acid groups (broad SMARTS) is 1. The molecule has 1 fully saturated rings. The second kappa shape index (κ2) is 6.91. The third-order valence-corrected chi connectivity index (χ3v) is 5.56. The molecule has 2 aliphatic rings. The molecule has 5 N–H and O–H groups in total. The number of aliphatic imine (C=N–C) groups is 2. The zero-order chi connectivity index (χ0) is 20.8. The third-order valence-electron chi connectivity index (χ3n) is 5.56. The van der Waals surface area contributed by atoms with Gasteiger partial charge in [0.1, 0.15) is 5.66 Å². The molecule has 1 spiro atoms. The van der Waals surface area contributed by atoms with E-state index in [2.05, 4.69) is 15.1 Å². The smallest absolute Gasteiger partial charge is 0.337 e. The number of aromatic carboxylic acids is 1. The first-order valence-electron chi connectivity index (χ1n) is 9.71. The van der Waals surface area contributed by atoms with E-state index in [4.69, 9.17) is 11.5 Å². The minimum absolute atomic E-state index is 0.134. The van der Waals surface area contributed by atoms with Crippen molar-refractivity contribution in [3.05, 3.63) is 41.2 Å². The number of aryl methyl sites for hydroxylation is 2. The molecule has 29 heavy (non-hydrogen) atoms. The van der Waals surface area contributed by atoms with E-state index in [-0.39, 0.29) is 17.5 Å². The van der Waals surface area contributed by atoms with Gasteiger partial charge >= 0.3 is 5.97 Å². The molecule has 1 aliphatic carbocycles. The number of aromatic nitrogens is 2. The van der Waals surface area contributed by atoms with Crippen molar-refractivity contribution in [2.45, 2.75) is 51.6 Å². The van der Waals surface area contributed by atoms with Crippen molar-refractivity contribution in [2.24, 2.45) is 21.5 Å². The lowest BCUT2D eigenvalue weighted by molar-refractivity contribution is 0.0696. The van der Waals surface area contributed by atoms with Crippen molar-refractivity contribution < 1.29 is 9.90 Å². The Bertz CT molecular complexity index is 1030. The number of benzene rings is 1. The Labute approximate surface area is 168 Å². The van der Waals surface area contributed by atoms with E-state index in [1.165, 1.54) is 0 Å². The first-order valence-corrected chi connectivity index (χ1v) is 9.71. The maximum absolute atomic E-state index is 12.1. The van der Waals surface area contributed by atoms with Crippen LogP contribution in [0.3, 0.4) is 0 Å². The van der Waals surface area contributed by atoms with Crippen LogP contribution in [0.5, 0.6) is 0 Å². The molecule has 1 aliphatic heterocycles. The van der Waals surface area contributed by atoms with Crippen molar-refractivity contribution in [3.63, 3.8) is 0 Å². The molecule has 0 unspecified atom stereocenters. The highest BCUT2D eigenvalue weighted by Gasteiger charge is 2.42. The molecule has 0 saturated heterocycles. The van der Waals surface area contributed by atoms with E-state index in [1.54, 1.807) is 16.8 Å². The highest BCUT2D eigenvalue weighted by Crippen LogP contribution is 2.40. The molecule has 0 atom stereocenters. The van der Waals surface area contributed by atoms with Gasteiger partial charge in [-0.25, -0.2) is 14.5 Å². The second-order valence-corrected chi connectivity index (χ2v) is 7.66. The van der Waals surface area contributed by atoms with Crippen LogP contribution in [0.25, 0.3) is 5.69 Å². The minimum Gasteiger partial charge on any atom is -0.478 e. The Morgan fingerprint density at radius 1 is 1.14 bits per heavy atom. The molecule has 2 aromatic rings. The summed E-state index contributed by atoms with van der Waals surface area (Å²) in [5.41, 5.74) is 14.5. The molecule has 0 bridgehead atoms. The Morgan fingerprint density at radius 2 is 1.86 bits per heavy atom. The zero-order valence-corrected chi connectivity index (χ0v) is 16.6. The molecule has 9 nitrogen and oxygen atoms in total. The maximum Gasteiger partial charge on any atom is 0.337 e. The lowest BCUT2D eigenvalue weighted by Crippen LogP contribution is -2.58. The summed E-state index contributed by atoms with van der Waals surface area (Å²) >= 11 is 0. The van der Waals surface area contributed by atoms with Gasteiger partial charge in [0.05, 0.1) is 16.9 Å². The fraction of sp³-hybridized carbons (Fsp3) is 0.400. The average molecular weight is 395 g/mol. The van der Waals surface area contributed by atoms with Crippen LogP contribution in [0.1, 0.15) is 53.8 Å². The van der Waals surface area contributed by atoms with Gasteiger partial charge in [-0.15, -0.1) is 0 Å². The fourth-order valence-electron chi connectivity index (χ4n) is 4.39. The van der Waals surface area contributed by atoms with Gasteiger partial charge in [0.25, 0.3) is 0 Å². The first kappa shape index (κ1) is 19.0. The standard InChI is InChI=1S/C20H25N7O2/c1-12-10-13(2)27(25-12)16-7-6-14(11-15(16)17(28)29)26-19(22)23-18(21)24-20(26)8-4-3-5-9-20/h6-7,10-11H,3-5,8-9H2,1-2H3,(H,28,29)(H4,21,22,23,24). The minimum atomic E-state index is -1.04. The number of hydrogen-bond donors (Lipinski definition) is 3. The van der Waals surface area contributed by atoms with Gasteiger partial charge in [0.15, 0.2) is 0 Å². The number of nitrogens with two attached hydrogens (primary N) is 2. The number of anilines is 1. The van der Waals surface area contributed by atoms with Crippen LogP contribution < -0.4 is 16.4 Å². The topological polar surface area (TPSA) is 135 Å². The van der Waals surface area contributed by atoms with E-state index in [9.17, 15) is 9.90 Å². The summed E-state index contributed by atoms with van der Waals surface area (Å²) in [5.74, 6) is -0.643. The number of nitrogens with zero attached hydrogens (tertiary/aromatic N) is 5. The summed E-state index contributed by atoms with van der Waals surface area (Å²) in [6.07, 6.45) is 4.68. The van der Waals surface area contributed by atoms with Gasteiger partial charge in [0, 0.05) is 11.4 Å². The highest BCUT2D eigenvalue weighted by molar-refractivity contribution is 6.06. The largest absolute Gasteiger partial charge is 0.478 e. The number of rotatable bonds is 3. The van der Waals surface area contributed by atoms with E-state index in [0.29, 0.717) is 11.4 Å². The second-order valence-electron chi connectivity index (χ2n) is 7.66. The number of guanidine groups is 2. The highest BCUT2D eigenvalue weighted by atomic mass is 16.4. The zero-order valence-electron chi connectivity index (χ0n) is 16.6. The Hall–Kier alpha value is -3.36. The summed E-state index contributed by atoms with van der Waals surface area (Å²) in [6, 6.07) is 7.12. The van der Waals surface area contributed by atoms with Crippen LogP contribution in [-0.4, -0.2) is 38.4 Å². The quantitative estimate of drug-likeness (QED) is 0.730. The SMILES string of the molecule is Cc1cc(C)n(-c2ccc(N3C(N)=NC(N)=NC34CCCCC4)cc2C(=O)O)n1. The molecule has 4 rings (SSSR count). The molecule has 1 saturated carbocycles. The van der Waals surface area contributed by atoms with Crippen molar-refractivity contribution in [2.75, 3.05) is 4.90 Å². The summed E-state index contributed by atoms with van der Waals surface area (Å²) in [4.78, 5) is 22.7. The lowest BCUT2D eigenvalue weighted by Gasteiger charge is -2.45. The van der Waals surface area contributed by atoms with Crippen LogP contribution in [-0.2, 0) is 0 Å². The predicted molar refractivity (Wildman–Crippen MR) is 112 cm³/mol. The van der Waals surface area contributed by atoms with Crippen LogP contribution in [0, 0.1) is 13.8 Å². The van der Waals surface area contributed by atoms with Crippen LogP contribution >= 0.6 is 0 Å². The summed E-state index contributed by atoms with van der Waals surface area (Å²) in [5, 5.41) is 14.3. The van der Waals surface area contributed by atoms with Crippen molar-refractivity contribution in [1.82, 2.24) is 9.78 Å². The van der Waals surface area contributed by atoms with E-state index in [0.717, 1.165) is 43.5 Å². The van der Waals surface area contributed by atoms with Gasteiger partial charge in [-0.3, -0.25) is 4.90 Å². The molecule has 152 valence electrons. The number of carbonyl (C=O) groups is 1. The van der Waals surface area contributed by atoms with Crippen molar-refractivity contribution in [1.29, 1.82) is 0 Å². The monoisotopic (exact) mass is 395 g/mol. The van der Waals surface area contributed by atoms with E-state index < -0.39 is 11.6 Å². The summed E-state index contributed by atoms with van der Waals surface area (Å²) in [7, 11) is 0. The van der Waals surface area contributed by atoms with Crippen LogP contribution in [0.15, 0.2) is 34.3 Å². The van der Waals surface area contributed by atoms with Gasteiger partial charge in [0.2, 0.25) is 11.9 Å². The van der Waals surface area contributed by atoms with Crippen LogP contribution in [0.2, 0.25) is 0 Å². The molecule has 0 amide bonds. The molecule has 0 radical (unpaired) electrons.